The van der Waals surface area contributed by atoms with E-state index in [9.17, 15) is 48.2 Å². The van der Waals surface area contributed by atoms with Crippen LogP contribution in [0.2, 0.25) is 0 Å². The lowest BCUT2D eigenvalue weighted by molar-refractivity contribution is -0.145. The number of aromatic nitrogens is 2. The average molecular weight is 1120 g/mol. The van der Waals surface area contributed by atoms with E-state index in [0.29, 0.717) is 42.0 Å². The van der Waals surface area contributed by atoms with E-state index < -0.39 is 52.9 Å². The molecule has 2 aliphatic carbocycles. The largest absolute Gasteiger partial charge is 0.507 e. The number of ether oxygens (including phenoxy) is 1. The molecule has 7 N–H and O–H groups in total. The Kier molecular flexibility index (Phi) is 18.4. The molecular formula is C58H70FN9O11S. The van der Waals surface area contributed by atoms with E-state index in [4.69, 9.17) is 9.26 Å². The summed E-state index contributed by atoms with van der Waals surface area (Å²) in [5, 5.41) is 39.4. The number of benzene rings is 3. The molecule has 22 heteroatoms. The fourth-order valence-electron chi connectivity index (χ4n) is 9.83. The van der Waals surface area contributed by atoms with E-state index in [-0.39, 0.29) is 85.5 Å². The highest BCUT2D eigenvalue weighted by atomic mass is 32.1. The van der Waals surface area contributed by atoms with Gasteiger partial charge in [-0.25, -0.2) is 9.37 Å². The number of nitrogens with zero attached hydrogens (tertiary/aromatic N) is 4. The first-order valence-electron chi connectivity index (χ1n) is 27.0. The number of carbonyl (C=O) groups is 7. The molecule has 2 fully saturated rings. The molecule has 1 saturated heterocycles. The van der Waals surface area contributed by atoms with Gasteiger partial charge in [0.2, 0.25) is 11.8 Å². The predicted molar refractivity (Wildman–Crippen MR) is 295 cm³/mol. The number of hydrogen-bond acceptors (Lipinski definition) is 14. The number of aliphatic hydroxyl groups is 1. The predicted octanol–water partition coefficient (Wildman–Crippen LogP) is 6.08. The number of fused-ring (bicyclic) bond motifs is 1. The summed E-state index contributed by atoms with van der Waals surface area (Å²) in [6, 6.07) is 14.4. The number of rotatable bonds is 23. The zero-order valence-electron chi connectivity index (χ0n) is 45.9. The van der Waals surface area contributed by atoms with Gasteiger partial charge in [0.15, 0.2) is 23.7 Å². The molecule has 426 valence electrons. The van der Waals surface area contributed by atoms with Crippen LogP contribution in [0.25, 0.3) is 21.8 Å². The summed E-state index contributed by atoms with van der Waals surface area (Å²) in [5.74, 6) is -2.96. The first-order valence-corrected chi connectivity index (χ1v) is 27.9. The number of aryl methyl sites for hydroxylation is 2. The number of nitrogens with one attached hydrogen (secondary N) is 5. The van der Waals surface area contributed by atoms with Gasteiger partial charge in [-0.05, 0) is 97.9 Å². The minimum absolute atomic E-state index is 0.0275. The summed E-state index contributed by atoms with van der Waals surface area (Å²) < 4.78 is 26.2. The molecule has 0 unspecified atom stereocenters. The Bertz CT molecular complexity index is 3130. The van der Waals surface area contributed by atoms with Crippen LogP contribution in [0.15, 0.2) is 70.7 Å². The minimum Gasteiger partial charge on any atom is -0.507 e. The molecule has 0 radical (unpaired) electrons. The van der Waals surface area contributed by atoms with Gasteiger partial charge in [0, 0.05) is 69.5 Å². The third-order valence-electron chi connectivity index (χ3n) is 14.6. The molecule has 20 nitrogen and oxygen atoms in total. The number of aromatic hydroxyl groups is 1. The van der Waals surface area contributed by atoms with E-state index >= 15 is 0 Å². The van der Waals surface area contributed by atoms with Crippen molar-refractivity contribution in [3.63, 3.8) is 0 Å². The number of carbonyl (C=O) groups excluding carboxylic acids is 7. The van der Waals surface area contributed by atoms with Crippen LogP contribution in [0, 0.1) is 12.3 Å². The van der Waals surface area contributed by atoms with Crippen molar-refractivity contribution in [2.75, 3.05) is 40.3 Å². The van der Waals surface area contributed by atoms with Gasteiger partial charge in [0.05, 0.1) is 33.8 Å². The first-order chi connectivity index (χ1) is 38.1. The molecule has 1 saturated carbocycles. The lowest BCUT2D eigenvalue weighted by Gasteiger charge is -2.35. The normalized spacial score (nSPS) is 17.4. The number of hydrogen-bond donors (Lipinski definition) is 7. The molecule has 0 spiro atoms. The molecule has 4 atom stereocenters. The van der Waals surface area contributed by atoms with E-state index in [2.05, 4.69) is 36.7 Å². The molecule has 0 bridgehead atoms. The van der Waals surface area contributed by atoms with Gasteiger partial charge in [0.25, 0.3) is 29.5 Å². The summed E-state index contributed by atoms with van der Waals surface area (Å²) in [5.41, 5.74) is 4.10. The Morgan fingerprint density at radius 2 is 1.64 bits per heavy atom. The monoisotopic (exact) mass is 1120 g/mol. The Morgan fingerprint density at radius 1 is 0.912 bits per heavy atom. The number of likely N-dealkylation sites (tertiary alicyclic amines) is 1. The van der Waals surface area contributed by atoms with Gasteiger partial charge in [-0.1, -0.05) is 69.5 Å². The van der Waals surface area contributed by atoms with Crippen LogP contribution < -0.4 is 31.3 Å². The Hall–Kier alpha value is -7.72. The van der Waals surface area contributed by atoms with E-state index in [1.54, 1.807) is 64.6 Å². The summed E-state index contributed by atoms with van der Waals surface area (Å²) in [6.07, 6.45) is 4.60. The average Bonchev–Trinajstić information content (AvgIpc) is 3.91. The third-order valence-corrected chi connectivity index (χ3v) is 15.6. The smallest absolute Gasteiger partial charge is 0.273 e. The van der Waals surface area contributed by atoms with Crippen molar-refractivity contribution in [3.8, 4) is 33.3 Å². The fraction of sp³-hybridized carbons (Fsp3) is 0.466. The number of phenols is 1. The molecule has 3 aliphatic rings. The topological polar surface area (TPSA) is 275 Å². The highest BCUT2D eigenvalue weighted by Gasteiger charge is 2.53. The van der Waals surface area contributed by atoms with Gasteiger partial charge >= 0.3 is 0 Å². The molecule has 8 rings (SSSR count). The van der Waals surface area contributed by atoms with Crippen LogP contribution in [-0.4, -0.2) is 136 Å². The maximum atomic E-state index is 14.7. The highest BCUT2D eigenvalue weighted by Crippen LogP contribution is 2.41. The number of phenolic OH excluding ortho intramolecular Hbond substituents is 1. The number of aliphatic hydroxyl groups excluding tert-OH is 1. The molecule has 2 aromatic heterocycles. The second-order valence-corrected chi connectivity index (χ2v) is 22.9. The maximum absolute atomic E-state index is 14.7. The van der Waals surface area contributed by atoms with Crippen molar-refractivity contribution in [2.45, 2.75) is 128 Å². The van der Waals surface area contributed by atoms with Crippen molar-refractivity contribution in [3.05, 3.63) is 105 Å². The van der Waals surface area contributed by atoms with Crippen LogP contribution in [-0.2, 0) is 32.1 Å². The number of thiazole rings is 1. The number of unbranched alkanes of at least 4 members (excludes halogenated alkanes) is 4. The van der Waals surface area contributed by atoms with Gasteiger partial charge < -0.3 is 55.9 Å². The molecule has 5 aromatic rings. The molecule has 7 amide bonds. The van der Waals surface area contributed by atoms with Crippen molar-refractivity contribution in [1.29, 1.82) is 0 Å². The molecule has 80 heavy (non-hydrogen) atoms. The van der Waals surface area contributed by atoms with Crippen LogP contribution >= 0.6 is 11.3 Å². The minimum atomic E-state index is -2.00. The summed E-state index contributed by atoms with van der Waals surface area (Å²) in [4.78, 5) is 100. The SMILES string of the molecule is Cc1ncsc1-c1ccc(CNC(=O)[C@@H]2C[C@@H](O)CN2C(=O)[C@@H](NC(=O)C2(F)CC2)C(C)(C)C)c(OCC(=O)NCCCCCCCNC(=O)c2ccc3c(c2)[C@H](NC(=O)c2cc(-c4ccc(C(=O)N(C)C)c(O)c4)on2)CC3)c1. The third kappa shape index (κ3) is 14.2. The lowest BCUT2D eigenvalue weighted by Crippen LogP contribution is -2.59. The van der Waals surface area contributed by atoms with Crippen LogP contribution in [0.1, 0.15) is 138 Å². The maximum Gasteiger partial charge on any atom is 0.273 e. The highest BCUT2D eigenvalue weighted by molar-refractivity contribution is 7.13. The van der Waals surface area contributed by atoms with Crippen molar-refractivity contribution >= 4 is 52.7 Å². The van der Waals surface area contributed by atoms with Gasteiger partial charge in [-0.2, -0.15) is 0 Å². The number of halogens is 1. The Morgan fingerprint density at radius 3 is 2.33 bits per heavy atom. The van der Waals surface area contributed by atoms with Crippen molar-refractivity contribution in [1.82, 2.24) is 46.5 Å². The van der Waals surface area contributed by atoms with E-state index in [0.717, 1.165) is 65.8 Å². The first kappa shape index (κ1) is 58.4. The second-order valence-electron chi connectivity index (χ2n) is 22.1. The van der Waals surface area contributed by atoms with Crippen LogP contribution in [0.3, 0.4) is 0 Å². The molecule has 1 aliphatic heterocycles. The number of β-amino-alcohol motifs (C(OH)–C–C–N with tert-alkyl or cyclic N) is 1. The molecule has 3 aromatic carbocycles. The zero-order valence-corrected chi connectivity index (χ0v) is 46.7. The number of amides is 7. The zero-order chi connectivity index (χ0) is 57.5. The van der Waals surface area contributed by atoms with Crippen LogP contribution in [0.5, 0.6) is 11.5 Å². The summed E-state index contributed by atoms with van der Waals surface area (Å²) in [6.45, 7) is 7.55. The molecule has 3 heterocycles. The van der Waals surface area contributed by atoms with Crippen LogP contribution in [0.4, 0.5) is 4.39 Å². The Balaban J connectivity index is 0.752. The molecular weight excluding hydrogens is 1050 g/mol. The van der Waals surface area contributed by atoms with E-state index in [1.807, 2.05) is 25.1 Å². The standard InChI is InChI=1S/C58H70FN9O11S/c1-33-49(80-32-63-33)36-13-15-38(29-62-53(74)44-27-39(69)30-68(44)55(76)50(57(2,3)4)65-56(77)58(59)20-21-58)46(26-36)78-31-48(71)60-22-10-8-7-9-11-23-61-51(72)37-14-12-34-17-19-42(41(34)24-37)64-52(73)43-28-47(79-66-43)35-16-18-40(45(70)25-35)54(75)67(5)6/h12-16,18,24-26,28,32,39,42,44,50,69-70H,7-11,17,19-23,27,29-31H2,1-6H3,(H,60,71)(H,61,72)(H,62,74)(H,64,73)(H,65,77)/t39-,42-,44+,50-/m1/s1. The van der Waals surface area contributed by atoms with E-state index in [1.165, 1.54) is 39.3 Å². The number of alkyl halides is 1. The van der Waals surface area contributed by atoms with Gasteiger partial charge in [-0.15, -0.1) is 11.3 Å². The Labute approximate surface area is 467 Å². The fourth-order valence-corrected chi connectivity index (χ4v) is 10.6. The lowest BCUT2D eigenvalue weighted by atomic mass is 9.85. The van der Waals surface area contributed by atoms with Gasteiger partial charge in [0.1, 0.15) is 23.6 Å². The quantitative estimate of drug-likeness (QED) is 0.0366. The van der Waals surface area contributed by atoms with Crippen molar-refractivity contribution < 1.29 is 57.4 Å². The summed E-state index contributed by atoms with van der Waals surface area (Å²) in [7, 11) is 3.17. The summed E-state index contributed by atoms with van der Waals surface area (Å²) >= 11 is 1.45. The second kappa shape index (κ2) is 25.2. The van der Waals surface area contributed by atoms with Gasteiger partial charge in [-0.3, -0.25) is 33.6 Å². The van der Waals surface area contributed by atoms with Crippen molar-refractivity contribution in [2.24, 2.45) is 5.41 Å².